The largest absolute Gasteiger partial charge is 0.352 e. The monoisotopic (exact) mass is 331 g/mol. The minimum atomic E-state index is -3.27. The van der Waals surface area contributed by atoms with Crippen molar-refractivity contribution in [3.05, 3.63) is 0 Å². The second kappa shape index (κ2) is 8.90. The van der Waals surface area contributed by atoms with Crippen LogP contribution in [0, 0.1) is 17.8 Å². The normalized spacial score (nSPS) is 26.1. The third-order valence-electron chi connectivity index (χ3n) is 4.78. The van der Waals surface area contributed by atoms with Gasteiger partial charge in [0.05, 0.1) is 5.75 Å². The first-order valence-electron chi connectivity index (χ1n) is 8.75. The lowest BCUT2D eigenvalue weighted by molar-refractivity contribution is -0.120. The summed E-state index contributed by atoms with van der Waals surface area (Å²) < 4.78 is 24.0. The molecule has 5 heteroatoms. The van der Waals surface area contributed by atoms with Gasteiger partial charge in [-0.05, 0) is 37.0 Å². The number of rotatable bonds is 8. The highest BCUT2D eigenvalue weighted by atomic mass is 32.2. The lowest BCUT2D eigenvalue weighted by atomic mass is 9.74. The summed E-state index contributed by atoms with van der Waals surface area (Å²) in [5.74, 6) is 1.03. The van der Waals surface area contributed by atoms with E-state index in [0.717, 1.165) is 25.7 Å². The molecule has 1 amide bonds. The van der Waals surface area contributed by atoms with E-state index in [9.17, 15) is 13.2 Å². The van der Waals surface area contributed by atoms with Crippen LogP contribution in [0.3, 0.4) is 0 Å². The van der Waals surface area contributed by atoms with Gasteiger partial charge in [0.2, 0.25) is 5.91 Å². The molecule has 0 bridgehead atoms. The summed E-state index contributed by atoms with van der Waals surface area (Å²) in [6, 6.07) is 0.127. The van der Waals surface area contributed by atoms with Crippen LogP contribution in [-0.2, 0) is 14.6 Å². The van der Waals surface area contributed by atoms with Crippen molar-refractivity contribution in [1.82, 2.24) is 5.32 Å². The van der Waals surface area contributed by atoms with Crippen LogP contribution in [0.4, 0.5) is 0 Å². The van der Waals surface area contributed by atoms with Crippen LogP contribution in [0.15, 0.2) is 0 Å². The summed E-state index contributed by atoms with van der Waals surface area (Å²) in [6.07, 6.45) is 5.82. The number of hydrogen-bond acceptors (Lipinski definition) is 3. The van der Waals surface area contributed by atoms with Gasteiger partial charge in [0.1, 0.15) is 5.75 Å². The molecule has 1 fully saturated rings. The van der Waals surface area contributed by atoms with E-state index in [0.29, 0.717) is 24.2 Å². The molecule has 0 aromatic rings. The molecule has 3 unspecified atom stereocenters. The van der Waals surface area contributed by atoms with Crippen LogP contribution in [0.5, 0.6) is 0 Å². The molecule has 4 nitrogen and oxygen atoms in total. The van der Waals surface area contributed by atoms with E-state index in [1.54, 1.807) is 0 Å². The molecule has 0 aliphatic heterocycles. The van der Waals surface area contributed by atoms with Crippen molar-refractivity contribution in [2.24, 2.45) is 17.8 Å². The van der Waals surface area contributed by atoms with Crippen molar-refractivity contribution in [3.8, 4) is 0 Å². The van der Waals surface area contributed by atoms with Crippen molar-refractivity contribution >= 4 is 15.7 Å². The third kappa shape index (κ3) is 6.67. The van der Waals surface area contributed by atoms with E-state index < -0.39 is 9.84 Å². The Morgan fingerprint density at radius 2 is 1.91 bits per heavy atom. The van der Waals surface area contributed by atoms with Crippen LogP contribution in [-0.4, -0.2) is 31.9 Å². The standard InChI is InChI=1S/C17H33NO3S/c1-5-6-7-10-22(20,21)12-17(19)18-16-11-14(4)8-9-15(16)13(2)3/h13-16H,5-12H2,1-4H3,(H,18,19). The molecule has 0 aromatic carbocycles. The van der Waals surface area contributed by atoms with E-state index in [4.69, 9.17) is 0 Å². The Kier molecular flexibility index (Phi) is 7.87. The molecule has 22 heavy (non-hydrogen) atoms. The zero-order chi connectivity index (χ0) is 16.8. The Balaban J connectivity index is 2.54. The van der Waals surface area contributed by atoms with Gasteiger partial charge < -0.3 is 5.32 Å². The molecule has 1 aliphatic rings. The van der Waals surface area contributed by atoms with Crippen LogP contribution in [0.25, 0.3) is 0 Å². The van der Waals surface area contributed by atoms with Crippen molar-refractivity contribution in [3.63, 3.8) is 0 Å². The van der Waals surface area contributed by atoms with E-state index in [1.807, 2.05) is 6.92 Å². The smallest absolute Gasteiger partial charge is 0.235 e. The minimum absolute atomic E-state index is 0.127. The van der Waals surface area contributed by atoms with Crippen LogP contribution >= 0.6 is 0 Å². The zero-order valence-electron chi connectivity index (χ0n) is 14.6. The lowest BCUT2D eigenvalue weighted by Crippen LogP contribution is -2.47. The summed E-state index contributed by atoms with van der Waals surface area (Å²) >= 11 is 0. The molecule has 1 rings (SSSR count). The van der Waals surface area contributed by atoms with Gasteiger partial charge in [-0.15, -0.1) is 0 Å². The molecule has 130 valence electrons. The summed E-state index contributed by atoms with van der Waals surface area (Å²) in [7, 11) is -3.27. The second-order valence-electron chi connectivity index (χ2n) is 7.30. The van der Waals surface area contributed by atoms with E-state index >= 15 is 0 Å². The Bertz CT molecular complexity index is 445. The number of sulfone groups is 1. The fourth-order valence-corrected chi connectivity index (χ4v) is 4.73. The maximum Gasteiger partial charge on any atom is 0.235 e. The third-order valence-corrected chi connectivity index (χ3v) is 6.39. The SMILES string of the molecule is CCCCCS(=O)(=O)CC(=O)NC1CC(C)CCC1C(C)C. The summed E-state index contributed by atoms with van der Waals surface area (Å²) in [5, 5.41) is 3.01. The molecule has 1 saturated carbocycles. The van der Waals surface area contributed by atoms with Gasteiger partial charge in [-0.25, -0.2) is 8.42 Å². The number of carbonyl (C=O) groups is 1. The van der Waals surface area contributed by atoms with Gasteiger partial charge in [-0.2, -0.15) is 0 Å². The van der Waals surface area contributed by atoms with Gasteiger partial charge in [-0.1, -0.05) is 47.0 Å². The van der Waals surface area contributed by atoms with E-state index in [1.165, 1.54) is 6.42 Å². The first kappa shape index (κ1) is 19.5. The van der Waals surface area contributed by atoms with E-state index in [2.05, 4.69) is 26.1 Å². The number of hydrogen-bond donors (Lipinski definition) is 1. The van der Waals surface area contributed by atoms with Crippen LogP contribution in [0.1, 0.15) is 66.2 Å². The van der Waals surface area contributed by atoms with E-state index in [-0.39, 0.29) is 23.5 Å². The molecule has 1 N–H and O–H groups in total. The van der Waals surface area contributed by atoms with Crippen molar-refractivity contribution < 1.29 is 13.2 Å². The molecule has 0 spiro atoms. The topological polar surface area (TPSA) is 63.2 Å². The van der Waals surface area contributed by atoms with Gasteiger partial charge in [-0.3, -0.25) is 4.79 Å². The number of unbranched alkanes of at least 4 members (excludes halogenated alkanes) is 2. The summed E-state index contributed by atoms with van der Waals surface area (Å²) in [4.78, 5) is 12.1. The Morgan fingerprint density at radius 1 is 1.23 bits per heavy atom. The Labute approximate surface area is 136 Å². The molecule has 0 aromatic heterocycles. The molecule has 0 heterocycles. The molecular weight excluding hydrogens is 298 g/mol. The highest BCUT2D eigenvalue weighted by Gasteiger charge is 2.32. The summed E-state index contributed by atoms with van der Waals surface area (Å²) in [6.45, 7) is 8.61. The quantitative estimate of drug-likeness (QED) is 0.695. The molecule has 3 atom stereocenters. The van der Waals surface area contributed by atoms with Gasteiger partial charge >= 0.3 is 0 Å². The van der Waals surface area contributed by atoms with Crippen molar-refractivity contribution in [2.75, 3.05) is 11.5 Å². The predicted molar refractivity (Wildman–Crippen MR) is 91.5 cm³/mol. The maximum absolute atomic E-state index is 12.1. The second-order valence-corrected chi connectivity index (χ2v) is 9.48. The van der Waals surface area contributed by atoms with Crippen molar-refractivity contribution in [2.45, 2.75) is 72.3 Å². The molecule has 1 aliphatic carbocycles. The highest BCUT2D eigenvalue weighted by molar-refractivity contribution is 7.92. The lowest BCUT2D eigenvalue weighted by Gasteiger charge is -2.37. The zero-order valence-corrected chi connectivity index (χ0v) is 15.4. The van der Waals surface area contributed by atoms with Gasteiger partial charge in [0.15, 0.2) is 9.84 Å². The first-order valence-corrected chi connectivity index (χ1v) is 10.6. The fourth-order valence-electron chi connectivity index (χ4n) is 3.46. The Hall–Kier alpha value is -0.580. The van der Waals surface area contributed by atoms with Crippen molar-refractivity contribution in [1.29, 1.82) is 0 Å². The fraction of sp³-hybridized carbons (Fsp3) is 0.941. The van der Waals surface area contributed by atoms with Gasteiger partial charge in [0.25, 0.3) is 0 Å². The number of nitrogens with one attached hydrogen (secondary N) is 1. The molecule has 0 saturated heterocycles. The summed E-state index contributed by atoms with van der Waals surface area (Å²) in [5.41, 5.74) is 0. The maximum atomic E-state index is 12.1. The Morgan fingerprint density at radius 3 is 2.50 bits per heavy atom. The van der Waals surface area contributed by atoms with Crippen LogP contribution < -0.4 is 5.32 Å². The van der Waals surface area contributed by atoms with Crippen LogP contribution in [0.2, 0.25) is 0 Å². The molecule has 0 radical (unpaired) electrons. The average Bonchev–Trinajstić information content (AvgIpc) is 2.37. The number of amides is 1. The molecular formula is C17H33NO3S. The highest BCUT2D eigenvalue weighted by Crippen LogP contribution is 2.33. The number of carbonyl (C=O) groups excluding carboxylic acids is 1. The van der Waals surface area contributed by atoms with Gasteiger partial charge in [0, 0.05) is 6.04 Å². The average molecular weight is 332 g/mol. The minimum Gasteiger partial charge on any atom is -0.352 e. The predicted octanol–water partition coefficient (Wildman–Crippen LogP) is 3.17. The first-order chi connectivity index (χ1) is 10.2.